The third-order valence-corrected chi connectivity index (χ3v) is 8.26. The Labute approximate surface area is 192 Å². The van der Waals surface area contributed by atoms with Crippen molar-refractivity contribution >= 4 is 11.3 Å². The summed E-state index contributed by atoms with van der Waals surface area (Å²) in [6.45, 7) is 7.42. The van der Waals surface area contributed by atoms with E-state index in [0.717, 1.165) is 51.1 Å². The summed E-state index contributed by atoms with van der Waals surface area (Å²) in [5.41, 5.74) is 2.25. The van der Waals surface area contributed by atoms with Crippen molar-refractivity contribution in [1.82, 2.24) is 29.4 Å². The average Bonchev–Trinajstić information content (AvgIpc) is 3.50. The average molecular weight is 457 g/mol. The number of aliphatic hydroxyl groups excluding tert-OH is 1. The van der Waals surface area contributed by atoms with E-state index in [-0.39, 0.29) is 5.60 Å². The number of likely N-dealkylation sites (tertiary alicyclic amines) is 1. The molecule has 1 N–H and O–H groups in total. The lowest BCUT2D eigenvalue weighted by Crippen LogP contribution is -2.50. The fourth-order valence-electron chi connectivity index (χ4n) is 5.18. The third kappa shape index (κ3) is 4.03. The Morgan fingerprint density at radius 1 is 1.41 bits per heavy atom. The van der Waals surface area contributed by atoms with Crippen molar-refractivity contribution in [3.63, 3.8) is 0 Å². The van der Waals surface area contributed by atoms with Crippen LogP contribution >= 0.6 is 11.3 Å². The van der Waals surface area contributed by atoms with Gasteiger partial charge < -0.3 is 14.4 Å². The molecule has 1 fully saturated rings. The second-order valence-electron chi connectivity index (χ2n) is 9.11. The number of thiophene rings is 1. The summed E-state index contributed by atoms with van der Waals surface area (Å²) in [6, 6.07) is 2.79. The zero-order chi connectivity index (χ0) is 22.3. The Bertz CT molecular complexity index is 1070. The normalized spacial score (nSPS) is 24.7. The lowest BCUT2D eigenvalue weighted by atomic mass is 9.79. The molecule has 2 aliphatic rings. The number of fused-ring (bicyclic) bond motifs is 2. The number of piperidine rings is 1. The van der Waals surface area contributed by atoms with E-state index in [0.29, 0.717) is 18.4 Å². The van der Waals surface area contributed by atoms with Gasteiger partial charge in [0.25, 0.3) is 0 Å². The van der Waals surface area contributed by atoms with Crippen LogP contribution in [0.4, 0.5) is 0 Å². The Morgan fingerprint density at radius 3 is 3.03 bits per heavy atom. The van der Waals surface area contributed by atoms with Gasteiger partial charge in [0.15, 0.2) is 0 Å². The minimum absolute atomic E-state index is 0.128. The molecule has 0 bridgehead atoms. The number of aryl methyl sites for hydroxylation is 2. The van der Waals surface area contributed by atoms with Gasteiger partial charge in [0.05, 0.1) is 24.4 Å². The fourth-order valence-corrected chi connectivity index (χ4v) is 6.35. The third-order valence-electron chi connectivity index (χ3n) is 6.93. The number of hydrogen-bond acceptors (Lipinski definition) is 7. The van der Waals surface area contributed by atoms with Gasteiger partial charge in [0.1, 0.15) is 11.9 Å². The van der Waals surface area contributed by atoms with Gasteiger partial charge in [-0.2, -0.15) is 0 Å². The van der Waals surface area contributed by atoms with E-state index >= 15 is 0 Å². The second kappa shape index (κ2) is 8.70. The Balaban J connectivity index is 1.23. The molecule has 8 nitrogen and oxygen atoms in total. The Hall–Kier alpha value is -2.07. The summed E-state index contributed by atoms with van der Waals surface area (Å²) in [4.78, 5) is 9.69. The van der Waals surface area contributed by atoms with Crippen LogP contribution in [0.2, 0.25) is 0 Å². The molecule has 0 saturated carbocycles. The fraction of sp³-hybridized carbons (Fsp3) is 0.609. The van der Waals surface area contributed by atoms with Crippen molar-refractivity contribution in [2.45, 2.75) is 70.4 Å². The summed E-state index contributed by atoms with van der Waals surface area (Å²) in [7, 11) is 1.88. The molecule has 0 aromatic carbocycles. The lowest BCUT2D eigenvalue weighted by molar-refractivity contribution is -0.112. The molecule has 1 saturated heterocycles. The lowest BCUT2D eigenvalue weighted by Gasteiger charge is -2.47. The molecule has 0 aliphatic carbocycles. The first-order valence-electron chi connectivity index (χ1n) is 11.5. The monoisotopic (exact) mass is 456 g/mol. The van der Waals surface area contributed by atoms with Crippen LogP contribution in [-0.4, -0.2) is 53.7 Å². The summed E-state index contributed by atoms with van der Waals surface area (Å²) in [6.07, 6.45) is 8.90. The highest BCUT2D eigenvalue weighted by Gasteiger charge is 2.44. The molecular formula is C23H32N6O2S. The van der Waals surface area contributed by atoms with Gasteiger partial charge in [0.2, 0.25) is 0 Å². The zero-order valence-electron chi connectivity index (χ0n) is 19.1. The molecule has 5 heterocycles. The van der Waals surface area contributed by atoms with E-state index < -0.39 is 6.10 Å². The molecule has 3 aromatic rings. The van der Waals surface area contributed by atoms with Crippen molar-refractivity contribution in [2.24, 2.45) is 7.05 Å². The first-order chi connectivity index (χ1) is 15.5. The summed E-state index contributed by atoms with van der Waals surface area (Å²) in [5, 5.41) is 19.1. The minimum Gasteiger partial charge on any atom is -0.383 e. The maximum absolute atomic E-state index is 10.5. The van der Waals surface area contributed by atoms with E-state index in [1.807, 2.05) is 35.3 Å². The van der Waals surface area contributed by atoms with Crippen LogP contribution in [0.3, 0.4) is 0 Å². The first-order valence-corrected chi connectivity index (χ1v) is 12.3. The van der Waals surface area contributed by atoms with Gasteiger partial charge in [-0.05, 0) is 37.8 Å². The van der Waals surface area contributed by atoms with Gasteiger partial charge in [-0.25, -0.2) is 9.67 Å². The van der Waals surface area contributed by atoms with Gasteiger partial charge in [0, 0.05) is 60.9 Å². The maximum Gasteiger partial charge on any atom is 0.139 e. The molecule has 0 radical (unpaired) electrons. The molecule has 1 unspecified atom stereocenters. The zero-order valence-corrected chi connectivity index (χ0v) is 19.9. The SMILES string of the molecule is CCc1cc2c(s1)CCO[C@@]21CCN(Cc2cn(CC(O)c3nccn3C)nn2)[C@@H](C)C1. The van der Waals surface area contributed by atoms with E-state index in [4.69, 9.17) is 4.74 Å². The molecule has 3 atom stereocenters. The number of aromatic nitrogens is 5. The molecule has 1 spiro atoms. The summed E-state index contributed by atoms with van der Waals surface area (Å²) >= 11 is 1.97. The Kier molecular flexibility index (Phi) is 5.92. The van der Waals surface area contributed by atoms with Crippen molar-refractivity contribution in [2.75, 3.05) is 13.2 Å². The molecule has 0 amide bonds. The van der Waals surface area contributed by atoms with Gasteiger partial charge >= 0.3 is 0 Å². The topological polar surface area (TPSA) is 81.2 Å². The summed E-state index contributed by atoms with van der Waals surface area (Å²) < 4.78 is 9.99. The molecule has 5 rings (SSSR count). The highest BCUT2D eigenvalue weighted by molar-refractivity contribution is 7.12. The molecule has 32 heavy (non-hydrogen) atoms. The number of hydrogen-bond donors (Lipinski definition) is 1. The van der Waals surface area contributed by atoms with Crippen molar-refractivity contribution < 1.29 is 9.84 Å². The maximum atomic E-state index is 10.5. The van der Waals surface area contributed by atoms with Crippen LogP contribution in [-0.2, 0) is 43.3 Å². The first kappa shape index (κ1) is 21.8. The summed E-state index contributed by atoms with van der Waals surface area (Å²) in [5.74, 6) is 0.628. The van der Waals surface area contributed by atoms with E-state index in [2.05, 4.69) is 40.1 Å². The van der Waals surface area contributed by atoms with Crippen LogP contribution < -0.4 is 0 Å². The predicted molar refractivity (Wildman–Crippen MR) is 122 cm³/mol. The molecule has 9 heteroatoms. The smallest absolute Gasteiger partial charge is 0.139 e. The quantitative estimate of drug-likeness (QED) is 0.614. The van der Waals surface area contributed by atoms with Crippen LogP contribution in [0.1, 0.15) is 59.6 Å². The predicted octanol–water partition coefficient (Wildman–Crippen LogP) is 2.82. The van der Waals surface area contributed by atoms with Crippen LogP contribution in [0.5, 0.6) is 0 Å². The molecular weight excluding hydrogens is 424 g/mol. The largest absolute Gasteiger partial charge is 0.383 e. The van der Waals surface area contributed by atoms with Crippen molar-refractivity contribution in [1.29, 1.82) is 0 Å². The minimum atomic E-state index is -0.713. The second-order valence-corrected chi connectivity index (χ2v) is 10.3. The number of imidazole rings is 1. The molecule has 172 valence electrons. The number of ether oxygens (including phenoxy) is 1. The van der Waals surface area contributed by atoms with Gasteiger partial charge in [-0.3, -0.25) is 4.90 Å². The van der Waals surface area contributed by atoms with E-state index in [1.54, 1.807) is 10.9 Å². The van der Waals surface area contributed by atoms with Gasteiger partial charge in [-0.15, -0.1) is 16.4 Å². The highest BCUT2D eigenvalue weighted by atomic mass is 32.1. The highest BCUT2D eigenvalue weighted by Crippen LogP contribution is 2.46. The van der Waals surface area contributed by atoms with E-state index in [1.165, 1.54) is 15.3 Å². The number of aliphatic hydroxyl groups is 1. The van der Waals surface area contributed by atoms with Crippen molar-refractivity contribution in [3.8, 4) is 0 Å². The molecule has 3 aromatic heterocycles. The molecule has 2 aliphatic heterocycles. The van der Waals surface area contributed by atoms with E-state index in [9.17, 15) is 5.11 Å². The van der Waals surface area contributed by atoms with Crippen LogP contribution in [0.15, 0.2) is 24.7 Å². The van der Waals surface area contributed by atoms with Crippen LogP contribution in [0.25, 0.3) is 0 Å². The number of nitrogens with zero attached hydrogens (tertiary/aromatic N) is 6. The van der Waals surface area contributed by atoms with Crippen LogP contribution in [0, 0.1) is 0 Å². The Morgan fingerprint density at radius 2 is 2.28 bits per heavy atom. The van der Waals surface area contributed by atoms with Crippen molar-refractivity contribution in [3.05, 3.63) is 51.5 Å². The standard InChI is InChI=1S/C23H32N6O2S/c1-4-18-11-19-21(32-18)5-10-31-23(19)6-8-28(16(2)12-23)13-17-14-29(26-25-17)15-20(30)22-24-7-9-27(22)3/h7,9,11,14,16,20,30H,4-6,8,10,12-13,15H2,1-3H3/t16-,20?,23+/m0/s1. The van der Waals surface area contributed by atoms with Gasteiger partial charge in [-0.1, -0.05) is 12.1 Å². The number of rotatable bonds is 6.